The zero-order valence-electron chi connectivity index (χ0n) is 15.2. The van der Waals surface area contributed by atoms with Gasteiger partial charge in [0.05, 0.1) is 11.0 Å². The summed E-state index contributed by atoms with van der Waals surface area (Å²) >= 11 is 1.60. The van der Waals surface area contributed by atoms with Gasteiger partial charge in [-0.3, -0.25) is 4.79 Å². The molecule has 1 unspecified atom stereocenters. The fourth-order valence-corrected chi connectivity index (χ4v) is 3.34. The van der Waals surface area contributed by atoms with E-state index in [1.165, 1.54) is 0 Å². The Morgan fingerprint density at radius 3 is 2.59 bits per heavy atom. The monoisotopic (exact) mass is 426 g/mol. The number of rotatable bonds is 7. The fourth-order valence-electron chi connectivity index (χ4n) is 2.45. The maximum absolute atomic E-state index is 12.5. The van der Waals surface area contributed by atoms with Gasteiger partial charge in [0, 0.05) is 23.9 Å². The normalized spacial score (nSPS) is 11.3. The first-order valence-electron chi connectivity index (χ1n) is 8.28. The number of thioether (sulfide) groups is 1. The molecular weight excluding hydrogens is 403 g/mol. The zero-order valence-corrected chi connectivity index (χ0v) is 17.6. The molecule has 0 spiro atoms. The standard InChI is InChI=1S/C19H22N4OS.2ClH/c1-13(20-2)11-21-18(24)15-8-4-3-7-14(15)12-25-19-22-16-9-5-6-10-17(16)23-19;;/h3-10,13,20H,11-12H2,1-2H3,(H,21,24)(H,22,23);2*1H. The second-order valence-corrected chi connectivity index (χ2v) is 6.87. The minimum Gasteiger partial charge on any atom is -0.350 e. The van der Waals surface area contributed by atoms with E-state index >= 15 is 0 Å². The van der Waals surface area contributed by atoms with Crippen LogP contribution in [0.25, 0.3) is 11.0 Å². The highest BCUT2D eigenvalue weighted by atomic mass is 35.5. The van der Waals surface area contributed by atoms with Gasteiger partial charge in [0.2, 0.25) is 0 Å². The number of amides is 1. The number of benzene rings is 2. The first-order chi connectivity index (χ1) is 12.2. The Labute approximate surface area is 175 Å². The van der Waals surface area contributed by atoms with Gasteiger partial charge < -0.3 is 15.6 Å². The molecule has 0 fully saturated rings. The summed E-state index contributed by atoms with van der Waals surface area (Å²) in [6, 6.07) is 15.9. The summed E-state index contributed by atoms with van der Waals surface area (Å²) in [5, 5.41) is 6.95. The van der Waals surface area contributed by atoms with Crippen LogP contribution in [0.4, 0.5) is 0 Å². The Balaban J connectivity index is 0.00000182. The van der Waals surface area contributed by atoms with Crippen molar-refractivity contribution in [2.24, 2.45) is 0 Å². The van der Waals surface area contributed by atoms with Gasteiger partial charge in [-0.05, 0) is 37.7 Å². The highest BCUT2D eigenvalue weighted by Gasteiger charge is 2.12. The predicted octanol–water partition coefficient (Wildman–Crippen LogP) is 4.04. The molecule has 27 heavy (non-hydrogen) atoms. The first-order valence-corrected chi connectivity index (χ1v) is 9.27. The third-order valence-electron chi connectivity index (χ3n) is 4.06. The Bertz CT molecular complexity index is 839. The minimum absolute atomic E-state index is 0. The van der Waals surface area contributed by atoms with E-state index in [1.807, 2.05) is 62.5 Å². The smallest absolute Gasteiger partial charge is 0.251 e. The molecule has 1 aromatic heterocycles. The van der Waals surface area contributed by atoms with Crippen molar-refractivity contribution >= 4 is 53.5 Å². The summed E-state index contributed by atoms with van der Waals surface area (Å²) < 4.78 is 0. The molecule has 0 aliphatic heterocycles. The number of aromatic amines is 1. The van der Waals surface area contributed by atoms with Crippen LogP contribution in [0, 0.1) is 0 Å². The topological polar surface area (TPSA) is 69.8 Å². The van der Waals surface area contributed by atoms with E-state index in [9.17, 15) is 4.79 Å². The van der Waals surface area contributed by atoms with Crippen molar-refractivity contribution in [1.29, 1.82) is 0 Å². The summed E-state index contributed by atoms with van der Waals surface area (Å²) in [5.41, 5.74) is 3.70. The average molecular weight is 427 g/mol. The molecule has 5 nitrogen and oxygen atoms in total. The van der Waals surface area contributed by atoms with E-state index in [1.54, 1.807) is 11.8 Å². The number of para-hydroxylation sites is 2. The third kappa shape index (κ3) is 6.14. The highest BCUT2D eigenvalue weighted by Crippen LogP contribution is 2.24. The molecule has 0 radical (unpaired) electrons. The number of halogens is 2. The summed E-state index contributed by atoms with van der Waals surface area (Å²) in [6.07, 6.45) is 0. The van der Waals surface area contributed by atoms with E-state index < -0.39 is 0 Å². The van der Waals surface area contributed by atoms with Crippen molar-refractivity contribution in [3.8, 4) is 0 Å². The van der Waals surface area contributed by atoms with Gasteiger partial charge in [0.25, 0.3) is 5.91 Å². The van der Waals surface area contributed by atoms with E-state index in [2.05, 4.69) is 20.6 Å². The van der Waals surface area contributed by atoms with Crippen LogP contribution in [-0.4, -0.2) is 35.5 Å². The van der Waals surface area contributed by atoms with Crippen LogP contribution < -0.4 is 10.6 Å². The largest absolute Gasteiger partial charge is 0.350 e. The summed E-state index contributed by atoms with van der Waals surface area (Å²) in [6.45, 7) is 2.63. The molecule has 0 bridgehead atoms. The molecule has 3 N–H and O–H groups in total. The molecule has 0 saturated heterocycles. The first kappa shape index (κ1) is 23.3. The van der Waals surface area contributed by atoms with Gasteiger partial charge in [0.1, 0.15) is 0 Å². The third-order valence-corrected chi connectivity index (χ3v) is 4.98. The molecule has 0 aliphatic rings. The van der Waals surface area contributed by atoms with Crippen LogP contribution in [0.5, 0.6) is 0 Å². The second kappa shape index (κ2) is 11.2. The Kier molecular flexibility index (Phi) is 9.66. The summed E-state index contributed by atoms with van der Waals surface area (Å²) in [4.78, 5) is 20.3. The van der Waals surface area contributed by atoms with Crippen LogP contribution in [0.1, 0.15) is 22.8 Å². The molecule has 0 aliphatic carbocycles. The SMILES string of the molecule is CNC(C)CNC(=O)c1ccccc1CSc1nc2ccccc2[nH]1.Cl.Cl. The Morgan fingerprint density at radius 2 is 1.85 bits per heavy atom. The number of nitrogens with zero attached hydrogens (tertiary/aromatic N) is 1. The van der Waals surface area contributed by atoms with Crippen LogP contribution >= 0.6 is 36.6 Å². The lowest BCUT2D eigenvalue weighted by atomic mass is 10.1. The lowest BCUT2D eigenvalue weighted by Gasteiger charge is -2.13. The maximum Gasteiger partial charge on any atom is 0.251 e. The molecule has 1 atom stereocenters. The van der Waals surface area contributed by atoms with Crippen molar-refractivity contribution in [1.82, 2.24) is 20.6 Å². The number of H-pyrrole nitrogens is 1. The quantitative estimate of drug-likeness (QED) is 0.498. The van der Waals surface area contributed by atoms with Crippen molar-refractivity contribution in [2.45, 2.75) is 23.9 Å². The predicted molar refractivity (Wildman–Crippen MR) is 117 cm³/mol. The Hall–Kier alpha value is -1.73. The lowest BCUT2D eigenvalue weighted by Crippen LogP contribution is -2.37. The van der Waals surface area contributed by atoms with Gasteiger partial charge in [-0.1, -0.05) is 42.1 Å². The average Bonchev–Trinajstić information content (AvgIpc) is 3.07. The fraction of sp³-hybridized carbons (Fsp3) is 0.263. The molecule has 3 aromatic rings. The molecule has 2 aromatic carbocycles. The van der Waals surface area contributed by atoms with Crippen LogP contribution in [-0.2, 0) is 5.75 Å². The van der Waals surface area contributed by atoms with Gasteiger partial charge >= 0.3 is 0 Å². The number of aromatic nitrogens is 2. The van der Waals surface area contributed by atoms with Crippen LogP contribution in [0.15, 0.2) is 53.7 Å². The number of fused-ring (bicyclic) bond motifs is 1. The number of hydrogen-bond acceptors (Lipinski definition) is 4. The highest BCUT2D eigenvalue weighted by molar-refractivity contribution is 7.98. The molecule has 1 heterocycles. The Morgan fingerprint density at radius 1 is 1.15 bits per heavy atom. The van der Waals surface area contributed by atoms with Gasteiger partial charge in [-0.25, -0.2) is 4.98 Å². The zero-order chi connectivity index (χ0) is 17.6. The number of nitrogens with one attached hydrogen (secondary N) is 3. The molecule has 1 amide bonds. The number of carbonyl (C=O) groups is 1. The number of imidazole rings is 1. The van der Waals surface area contributed by atoms with Gasteiger partial charge in [-0.15, -0.1) is 24.8 Å². The molecular formula is C19H24Cl2N4OS. The van der Waals surface area contributed by atoms with Gasteiger partial charge in [0.15, 0.2) is 5.16 Å². The van der Waals surface area contributed by atoms with E-state index in [-0.39, 0.29) is 36.8 Å². The van der Waals surface area contributed by atoms with E-state index in [0.717, 1.165) is 27.3 Å². The minimum atomic E-state index is -0.0390. The van der Waals surface area contributed by atoms with Crippen molar-refractivity contribution < 1.29 is 4.79 Å². The maximum atomic E-state index is 12.5. The number of carbonyl (C=O) groups excluding carboxylic acids is 1. The van der Waals surface area contributed by atoms with Crippen molar-refractivity contribution in [3.05, 3.63) is 59.7 Å². The lowest BCUT2D eigenvalue weighted by molar-refractivity contribution is 0.0950. The van der Waals surface area contributed by atoms with E-state index in [4.69, 9.17) is 0 Å². The number of likely N-dealkylation sites (N-methyl/N-ethyl adjacent to an activating group) is 1. The van der Waals surface area contributed by atoms with Crippen LogP contribution in [0.2, 0.25) is 0 Å². The summed E-state index contributed by atoms with van der Waals surface area (Å²) in [7, 11) is 1.88. The van der Waals surface area contributed by atoms with Crippen molar-refractivity contribution in [3.63, 3.8) is 0 Å². The molecule has 0 saturated carbocycles. The van der Waals surface area contributed by atoms with Crippen LogP contribution in [0.3, 0.4) is 0 Å². The second-order valence-electron chi connectivity index (χ2n) is 5.90. The molecule has 8 heteroatoms. The molecule has 146 valence electrons. The van der Waals surface area contributed by atoms with Gasteiger partial charge in [-0.2, -0.15) is 0 Å². The summed E-state index contributed by atoms with van der Waals surface area (Å²) in [5.74, 6) is 0.647. The van der Waals surface area contributed by atoms with Crippen molar-refractivity contribution in [2.75, 3.05) is 13.6 Å². The molecule has 3 rings (SSSR count). The number of hydrogen-bond donors (Lipinski definition) is 3. The van der Waals surface area contributed by atoms with E-state index in [0.29, 0.717) is 12.3 Å².